The van der Waals surface area contributed by atoms with Crippen LogP contribution in [-0.4, -0.2) is 41.6 Å². The number of methoxy groups -OCH3 is 1. The lowest BCUT2D eigenvalue weighted by Crippen LogP contribution is -2.30. The van der Waals surface area contributed by atoms with E-state index < -0.39 is 10.0 Å². The van der Waals surface area contributed by atoms with Crippen molar-refractivity contribution >= 4 is 21.6 Å². The maximum Gasteiger partial charge on any atom is 0.264 e. The van der Waals surface area contributed by atoms with Crippen LogP contribution in [0.3, 0.4) is 0 Å². The molecule has 0 aliphatic heterocycles. The summed E-state index contributed by atoms with van der Waals surface area (Å²) in [6, 6.07) is 18.6. The quantitative estimate of drug-likeness (QED) is 0.489. The molecule has 33 heavy (non-hydrogen) atoms. The first-order chi connectivity index (χ1) is 15.8. The van der Waals surface area contributed by atoms with Crippen molar-refractivity contribution in [3.63, 3.8) is 0 Å². The van der Waals surface area contributed by atoms with Gasteiger partial charge in [-0.1, -0.05) is 12.1 Å². The van der Waals surface area contributed by atoms with Crippen molar-refractivity contribution in [1.29, 1.82) is 0 Å². The fraction of sp³-hybridized carbons (Fsp3) is 0.208. The summed E-state index contributed by atoms with van der Waals surface area (Å²) in [6.07, 6.45) is 0.579. The number of amides is 1. The van der Waals surface area contributed by atoms with Gasteiger partial charge < -0.3 is 14.8 Å². The summed E-state index contributed by atoms with van der Waals surface area (Å²) < 4.78 is 50.3. The Morgan fingerprint density at radius 1 is 0.939 bits per heavy atom. The Labute approximate surface area is 192 Å². The maximum atomic E-state index is 12.9. The van der Waals surface area contributed by atoms with Crippen LogP contribution in [0.15, 0.2) is 77.7 Å². The predicted octanol–water partition coefficient (Wildman–Crippen LogP) is 3.40. The van der Waals surface area contributed by atoms with Crippen LogP contribution < -0.4 is 19.1 Å². The summed E-state index contributed by atoms with van der Waals surface area (Å²) >= 11 is 0. The molecule has 0 radical (unpaired) electrons. The van der Waals surface area contributed by atoms with E-state index in [-0.39, 0.29) is 23.2 Å². The molecule has 7 nitrogen and oxygen atoms in total. The number of rotatable bonds is 10. The zero-order valence-corrected chi connectivity index (χ0v) is 19.1. The molecule has 0 bridgehead atoms. The molecule has 1 N–H and O–H groups in total. The summed E-state index contributed by atoms with van der Waals surface area (Å²) in [6.45, 7) is 0.226. The van der Waals surface area contributed by atoms with E-state index in [0.29, 0.717) is 30.2 Å². The highest BCUT2D eigenvalue weighted by atomic mass is 32.2. The molecule has 3 aromatic carbocycles. The third kappa shape index (κ3) is 6.45. The van der Waals surface area contributed by atoms with Crippen LogP contribution >= 0.6 is 0 Å². The molecule has 0 aliphatic carbocycles. The smallest absolute Gasteiger partial charge is 0.264 e. The summed E-state index contributed by atoms with van der Waals surface area (Å²) in [4.78, 5) is 12.1. The molecule has 9 heteroatoms. The van der Waals surface area contributed by atoms with E-state index in [1.165, 1.54) is 42.7 Å². The van der Waals surface area contributed by atoms with Gasteiger partial charge in [-0.3, -0.25) is 9.10 Å². The Morgan fingerprint density at radius 2 is 1.55 bits per heavy atom. The average Bonchev–Trinajstić information content (AvgIpc) is 2.84. The third-order valence-electron chi connectivity index (χ3n) is 4.94. The first-order valence-electron chi connectivity index (χ1n) is 10.2. The standard InChI is InChI=1S/C24H25FN2O5S/c1-27(33(29,30)23-13-11-21(31-2)12-14-23)20-7-9-22(10-8-20)32-17-24(28)26-16-15-18-3-5-19(25)6-4-18/h3-14H,15-17H2,1-2H3,(H,26,28). The van der Waals surface area contributed by atoms with Gasteiger partial charge in [0.25, 0.3) is 15.9 Å². The number of halogens is 1. The number of hydrogen-bond donors (Lipinski definition) is 1. The minimum atomic E-state index is -3.74. The zero-order valence-electron chi connectivity index (χ0n) is 18.3. The monoisotopic (exact) mass is 472 g/mol. The van der Waals surface area contributed by atoms with Gasteiger partial charge >= 0.3 is 0 Å². The summed E-state index contributed by atoms with van der Waals surface area (Å²) in [7, 11) is -0.766. The maximum absolute atomic E-state index is 12.9. The van der Waals surface area contributed by atoms with Crippen LogP contribution in [0.1, 0.15) is 5.56 Å². The van der Waals surface area contributed by atoms with Crippen LogP contribution in [0, 0.1) is 5.82 Å². The van der Waals surface area contributed by atoms with Gasteiger partial charge in [0.2, 0.25) is 0 Å². The topological polar surface area (TPSA) is 84.9 Å². The number of nitrogens with zero attached hydrogens (tertiary/aromatic N) is 1. The van der Waals surface area contributed by atoms with Crippen LogP contribution in [0.2, 0.25) is 0 Å². The Balaban J connectivity index is 1.50. The van der Waals surface area contributed by atoms with Gasteiger partial charge in [0, 0.05) is 13.6 Å². The molecular formula is C24H25FN2O5S. The number of sulfonamides is 1. The highest BCUT2D eigenvalue weighted by molar-refractivity contribution is 7.92. The molecule has 0 saturated carbocycles. The van der Waals surface area contributed by atoms with E-state index in [9.17, 15) is 17.6 Å². The van der Waals surface area contributed by atoms with Crippen molar-refractivity contribution < 1.29 is 27.1 Å². The lowest BCUT2D eigenvalue weighted by Gasteiger charge is -2.20. The lowest BCUT2D eigenvalue weighted by atomic mass is 10.1. The highest BCUT2D eigenvalue weighted by Crippen LogP contribution is 2.25. The second kappa shape index (κ2) is 10.8. The molecule has 1 amide bonds. The molecule has 0 spiro atoms. The molecule has 0 aliphatic rings. The number of carbonyl (C=O) groups excluding carboxylic acids is 1. The van der Waals surface area contributed by atoms with Crippen LogP contribution in [0.5, 0.6) is 11.5 Å². The van der Waals surface area contributed by atoms with Crippen molar-refractivity contribution in [2.24, 2.45) is 0 Å². The van der Waals surface area contributed by atoms with Gasteiger partial charge in [0.15, 0.2) is 6.61 Å². The van der Waals surface area contributed by atoms with Crippen LogP contribution in [-0.2, 0) is 21.2 Å². The third-order valence-corrected chi connectivity index (χ3v) is 6.74. The van der Waals surface area contributed by atoms with E-state index >= 15 is 0 Å². The number of hydrogen-bond acceptors (Lipinski definition) is 5. The first kappa shape index (κ1) is 24.1. The molecule has 3 aromatic rings. The molecule has 0 saturated heterocycles. The van der Waals surface area contributed by atoms with Crippen molar-refractivity contribution in [2.75, 3.05) is 31.6 Å². The normalized spacial score (nSPS) is 11.0. The lowest BCUT2D eigenvalue weighted by molar-refractivity contribution is -0.123. The fourth-order valence-electron chi connectivity index (χ4n) is 2.99. The van der Waals surface area contributed by atoms with Gasteiger partial charge in [-0.25, -0.2) is 12.8 Å². The van der Waals surface area contributed by atoms with E-state index in [1.54, 1.807) is 48.5 Å². The highest BCUT2D eigenvalue weighted by Gasteiger charge is 2.21. The fourth-order valence-corrected chi connectivity index (χ4v) is 4.19. The zero-order chi connectivity index (χ0) is 23.8. The molecule has 0 atom stereocenters. The largest absolute Gasteiger partial charge is 0.497 e. The van der Waals surface area contributed by atoms with Gasteiger partial charge in [0.1, 0.15) is 17.3 Å². The Morgan fingerprint density at radius 3 is 2.15 bits per heavy atom. The van der Waals surface area contributed by atoms with Crippen molar-refractivity contribution in [3.8, 4) is 11.5 Å². The van der Waals surface area contributed by atoms with Crippen molar-refractivity contribution in [3.05, 3.63) is 84.2 Å². The summed E-state index contributed by atoms with van der Waals surface area (Å²) in [5.41, 5.74) is 1.36. The number of carbonyl (C=O) groups is 1. The van der Waals surface area contributed by atoms with Crippen molar-refractivity contribution in [2.45, 2.75) is 11.3 Å². The first-order valence-corrected chi connectivity index (χ1v) is 11.6. The summed E-state index contributed by atoms with van der Waals surface area (Å²) in [5.74, 6) is 0.410. The minimum absolute atomic E-state index is 0.142. The molecule has 3 rings (SSSR count). The van der Waals surface area contributed by atoms with Gasteiger partial charge in [-0.15, -0.1) is 0 Å². The number of benzene rings is 3. The predicted molar refractivity (Wildman–Crippen MR) is 124 cm³/mol. The Kier molecular flexibility index (Phi) is 7.89. The Bertz CT molecular complexity index is 1160. The molecule has 0 unspecified atom stereocenters. The molecule has 0 fully saturated rings. The Hall–Kier alpha value is -3.59. The summed E-state index contributed by atoms with van der Waals surface area (Å²) in [5, 5.41) is 2.74. The van der Waals surface area contributed by atoms with Gasteiger partial charge in [0.05, 0.1) is 17.7 Å². The molecule has 0 aromatic heterocycles. The van der Waals surface area contributed by atoms with Crippen molar-refractivity contribution in [1.82, 2.24) is 5.32 Å². The van der Waals surface area contributed by atoms with E-state index in [0.717, 1.165) is 5.56 Å². The molecular weight excluding hydrogens is 447 g/mol. The molecule has 174 valence electrons. The number of anilines is 1. The average molecular weight is 473 g/mol. The minimum Gasteiger partial charge on any atom is -0.497 e. The van der Waals surface area contributed by atoms with Gasteiger partial charge in [-0.2, -0.15) is 0 Å². The number of ether oxygens (including phenoxy) is 2. The molecule has 0 heterocycles. The number of nitrogens with one attached hydrogen (secondary N) is 1. The SMILES string of the molecule is COc1ccc(S(=O)(=O)N(C)c2ccc(OCC(=O)NCCc3ccc(F)cc3)cc2)cc1. The van der Waals surface area contributed by atoms with Gasteiger partial charge in [-0.05, 0) is 72.6 Å². The second-order valence-electron chi connectivity index (χ2n) is 7.16. The van der Waals surface area contributed by atoms with Crippen LogP contribution in [0.25, 0.3) is 0 Å². The van der Waals surface area contributed by atoms with E-state index in [4.69, 9.17) is 9.47 Å². The van der Waals surface area contributed by atoms with Crippen LogP contribution in [0.4, 0.5) is 10.1 Å². The van der Waals surface area contributed by atoms with E-state index in [1.807, 2.05) is 0 Å². The second-order valence-corrected chi connectivity index (χ2v) is 9.13. The van der Waals surface area contributed by atoms with E-state index in [2.05, 4.69) is 5.32 Å².